The highest BCUT2D eigenvalue weighted by atomic mass is 16.5. The summed E-state index contributed by atoms with van der Waals surface area (Å²) in [7, 11) is 1.73. The Morgan fingerprint density at radius 1 is 1.39 bits per heavy atom. The number of nitrogens with two attached hydrogens (primary N) is 1. The highest BCUT2D eigenvalue weighted by molar-refractivity contribution is 5.11. The van der Waals surface area contributed by atoms with E-state index in [-0.39, 0.29) is 12.1 Å². The number of hydrogen-bond acceptors (Lipinski definition) is 4. The fourth-order valence-corrected chi connectivity index (χ4v) is 2.41. The Labute approximate surface area is 110 Å². The molecule has 4 heteroatoms. The van der Waals surface area contributed by atoms with Gasteiger partial charge >= 0.3 is 0 Å². The van der Waals surface area contributed by atoms with E-state index < -0.39 is 0 Å². The van der Waals surface area contributed by atoms with E-state index in [2.05, 4.69) is 23.7 Å². The number of methoxy groups -OCH3 is 1. The Hall–Kier alpha value is -0.970. The van der Waals surface area contributed by atoms with Crippen LogP contribution in [0.3, 0.4) is 0 Å². The maximum Gasteiger partial charge on any atom is 0.0673 e. The van der Waals surface area contributed by atoms with E-state index in [9.17, 15) is 0 Å². The zero-order valence-corrected chi connectivity index (χ0v) is 11.8. The lowest BCUT2D eigenvalue weighted by atomic mass is 10.0. The third-order valence-corrected chi connectivity index (χ3v) is 3.19. The lowest BCUT2D eigenvalue weighted by Gasteiger charge is -2.37. The van der Waals surface area contributed by atoms with Crippen LogP contribution in [0.2, 0.25) is 0 Å². The SMILES string of the molecule is CCN(C(C)COC)C(c1ccccn1)C(C)N. The van der Waals surface area contributed by atoms with Gasteiger partial charge in [-0.25, -0.2) is 0 Å². The topological polar surface area (TPSA) is 51.4 Å². The van der Waals surface area contributed by atoms with Gasteiger partial charge in [-0.2, -0.15) is 0 Å². The summed E-state index contributed by atoms with van der Waals surface area (Å²) >= 11 is 0. The quantitative estimate of drug-likeness (QED) is 0.803. The number of aromatic nitrogens is 1. The first-order chi connectivity index (χ1) is 8.61. The van der Waals surface area contributed by atoms with E-state index in [0.717, 1.165) is 12.2 Å². The Kier molecular flexibility index (Phi) is 6.25. The summed E-state index contributed by atoms with van der Waals surface area (Å²) in [6, 6.07) is 6.44. The van der Waals surface area contributed by atoms with E-state index in [4.69, 9.17) is 10.5 Å². The van der Waals surface area contributed by atoms with Gasteiger partial charge in [-0.15, -0.1) is 0 Å². The van der Waals surface area contributed by atoms with Crippen molar-refractivity contribution in [2.45, 2.75) is 38.9 Å². The molecule has 0 fully saturated rings. The molecule has 3 unspecified atom stereocenters. The predicted molar refractivity (Wildman–Crippen MR) is 74.3 cm³/mol. The fraction of sp³-hybridized carbons (Fsp3) is 0.643. The summed E-state index contributed by atoms with van der Waals surface area (Å²) in [6.07, 6.45) is 1.82. The number of ether oxygens (including phenoxy) is 1. The number of hydrogen-bond donors (Lipinski definition) is 1. The molecule has 1 rings (SSSR count). The molecule has 1 heterocycles. The van der Waals surface area contributed by atoms with Crippen molar-refractivity contribution in [3.8, 4) is 0 Å². The molecular weight excluding hydrogens is 226 g/mol. The molecule has 0 saturated heterocycles. The number of pyridine rings is 1. The molecule has 0 amide bonds. The Morgan fingerprint density at radius 3 is 2.56 bits per heavy atom. The van der Waals surface area contributed by atoms with Gasteiger partial charge in [-0.05, 0) is 32.5 Å². The van der Waals surface area contributed by atoms with E-state index >= 15 is 0 Å². The minimum Gasteiger partial charge on any atom is -0.383 e. The molecule has 0 radical (unpaired) electrons. The van der Waals surface area contributed by atoms with Crippen LogP contribution in [0.15, 0.2) is 24.4 Å². The maximum absolute atomic E-state index is 6.16. The Morgan fingerprint density at radius 2 is 2.11 bits per heavy atom. The third-order valence-electron chi connectivity index (χ3n) is 3.19. The molecule has 3 atom stereocenters. The van der Waals surface area contributed by atoms with Crippen molar-refractivity contribution in [1.29, 1.82) is 0 Å². The molecule has 0 bridgehead atoms. The van der Waals surface area contributed by atoms with Crippen LogP contribution < -0.4 is 5.73 Å². The lowest BCUT2D eigenvalue weighted by Crippen LogP contribution is -2.46. The Balaban J connectivity index is 2.96. The summed E-state index contributed by atoms with van der Waals surface area (Å²) in [6.45, 7) is 7.95. The van der Waals surface area contributed by atoms with Crippen LogP contribution in [0.25, 0.3) is 0 Å². The highest BCUT2D eigenvalue weighted by Crippen LogP contribution is 2.23. The smallest absolute Gasteiger partial charge is 0.0673 e. The molecule has 1 aromatic heterocycles. The van der Waals surface area contributed by atoms with Crippen molar-refractivity contribution in [2.24, 2.45) is 5.73 Å². The van der Waals surface area contributed by atoms with Gasteiger partial charge in [-0.1, -0.05) is 13.0 Å². The van der Waals surface area contributed by atoms with Crippen molar-refractivity contribution in [1.82, 2.24) is 9.88 Å². The van der Waals surface area contributed by atoms with E-state index in [1.54, 1.807) is 7.11 Å². The van der Waals surface area contributed by atoms with Crippen molar-refractivity contribution in [3.63, 3.8) is 0 Å². The monoisotopic (exact) mass is 251 g/mol. The van der Waals surface area contributed by atoms with Crippen LogP contribution in [0.5, 0.6) is 0 Å². The molecule has 4 nitrogen and oxygen atoms in total. The molecule has 18 heavy (non-hydrogen) atoms. The van der Waals surface area contributed by atoms with Crippen LogP contribution in [0, 0.1) is 0 Å². The van der Waals surface area contributed by atoms with E-state index in [1.807, 2.05) is 31.3 Å². The van der Waals surface area contributed by atoms with Crippen LogP contribution in [-0.4, -0.2) is 42.2 Å². The first-order valence-corrected chi connectivity index (χ1v) is 6.53. The number of likely N-dealkylation sites (N-methyl/N-ethyl adjacent to an activating group) is 1. The second-order valence-corrected chi connectivity index (χ2v) is 4.69. The summed E-state index contributed by atoms with van der Waals surface area (Å²) in [5.41, 5.74) is 7.18. The molecule has 102 valence electrons. The molecule has 0 saturated carbocycles. The van der Waals surface area contributed by atoms with Gasteiger partial charge in [0.1, 0.15) is 0 Å². The summed E-state index contributed by atoms with van der Waals surface area (Å²) in [5.74, 6) is 0. The van der Waals surface area contributed by atoms with Crippen LogP contribution in [0.4, 0.5) is 0 Å². The van der Waals surface area contributed by atoms with Gasteiger partial charge in [0.15, 0.2) is 0 Å². The van der Waals surface area contributed by atoms with Crippen LogP contribution in [-0.2, 0) is 4.74 Å². The average molecular weight is 251 g/mol. The average Bonchev–Trinajstić information content (AvgIpc) is 2.36. The molecule has 0 spiro atoms. The van der Waals surface area contributed by atoms with Crippen LogP contribution in [0.1, 0.15) is 32.5 Å². The van der Waals surface area contributed by atoms with Gasteiger partial charge in [0.25, 0.3) is 0 Å². The zero-order valence-electron chi connectivity index (χ0n) is 11.8. The van der Waals surface area contributed by atoms with Gasteiger partial charge in [0.05, 0.1) is 18.3 Å². The summed E-state index contributed by atoms with van der Waals surface area (Å²) in [4.78, 5) is 6.79. The minimum atomic E-state index is 0.0270. The van der Waals surface area contributed by atoms with Gasteiger partial charge in [-0.3, -0.25) is 9.88 Å². The molecular formula is C14H25N3O. The molecule has 0 aliphatic carbocycles. The Bertz CT molecular complexity index is 329. The first-order valence-electron chi connectivity index (χ1n) is 6.53. The molecule has 2 N–H and O–H groups in total. The van der Waals surface area contributed by atoms with Crippen molar-refractivity contribution >= 4 is 0 Å². The molecule has 0 aliphatic rings. The van der Waals surface area contributed by atoms with Gasteiger partial charge < -0.3 is 10.5 Å². The molecule has 0 aliphatic heterocycles. The summed E-state index contributed by atoms with van der Waals surface area (Å²) in [5, 5.41) is 0. The van der Waals surface area contributed by atoms with Crippen LogP contribution >= 0.6 is 0 Å². The zero-order chi connectivity index (χ0) is 13.5. The fourth-order valence-electron chi connectivity index (χ4n) is 2.41. The summed E-state index contributed by atoms with van der Waals surface area (Å²) < 4.78 is 5.25. The van der Waals surface area contributed by atoms with E-state index in [0.29, 0.717) is 12.6 Å². The highest BCUT2D eigenvalue weighted by Gasteiger charge is 2.27. The number of nitrogens with zero attached hydrogens (tertiary/aromatic N) is 2. The maximum atomic E-state index is 6.16. The third kappa shape index (κ3) is 3.77. The lowest BCUT2D eigenvalue weighted by molar-refractivity contribution is 0.0640. The van der Waals surface area contributed by atoms with Crippen molar-refractivity contribution < 1.29 is 4.74 Å². The molecule has 1 aromatic rings. The normalized spacial score (nSPS) is 16.6. The predicted octanol–water partition coefficient (Wildman–Crippen LogP) is 1.83. The largest absolute Gasteiger partial charge is 0.383 e. The first kappa shape index (κ1) is 15.1. The second kappa shape index (κ2) is 7.46. The standard InChI is InChI=1S/C14H25N3O/c1-5-17(11(2)10-18-4)14(12(3)15)13-8-6-7-9-16-13/h6-9,11-12,14H,5,10,15H2,1-4H3. The second-order valence-electron chi connectivity index (χ2n) is 4.69. The van der Waals surface area contributed by atoms with Gasteiger partial charge in [0, 0.05) is 25.4 Å². The molecule has 0 aromatic carbocycles. The van der Waals surface area contributed by atoms with Gasteiger partial charge in [0.2, 0.25) is 0 Å². The van der Waals surface area contributed by atoms with Crippen molar-refractivity contribution in [3.05, 3.63) is 30.1 Å². The van der Waals surface area contributed by atoms with Crippen molar-refractivity contribution in [2.75, 3.05) is 20.3 Å². The van der Waals surface area contributed by atoms with E-state index in [1.165, 1.54) is 0 Å². The number of rotatable bonds is 7. The minimum absolute atomic E-state index is 0.0270.